The third kappa shape index (κ3) is 7.50. The number of Topliss-reactive ketones (excluding diaryl/α,β-unsaturated/α-hetero) is 1. The van der Waals surface area contributed by atoms with Crippen molar-refractivity contribution in [1.82, 2.24) is 9.97 Å². The molecule has 0 bridgehead atoms. The first kappa shape index (κ1) is 34.8. The van der Waals surface area contributed by atoms with Crippen molar-refractivity contribution in [3.63, 3.8) is 0 Å². The zero-order chi connectivity index (χ0) is 33.2. The van der Waals surface area contributed by atoms with Crippen LogP contribution in [0.5, 0.6) is 5.75 Å². The standard InChI is InChI=1S/C29H32BrF3N4O6Si/c1-16(43-44(6,7)28(2,3)4)25(39)26-34-12-11-20(35-26)17-13-19(31)24(37(40)41)21(14-17)36-29(5,15-38)18-9-8-10-22(23(18)30)42-27(32)33/h8-16,27,36H,1-7H3/t16?,29-/m0/s1. The molecule has 2 aromatic carbocycles. The van der Waals surface area contributed by atoms with Crippen molar-refractivity contribution in [1.29, 1.82) is 0 Å². The minimum atomic E-state index is -3.16. The maximum absolute atomic E-state index is 15.3. The Balaban J connectivity index is 2.07. The SMILES string of the molecule is CC(O[Si](C)(C)C(C)(C)C)C(=O)c1nccc(-c2cc(F)c([N+](=O)[O-])c(N[C@@](C)(C=O)c3cccc(OC(F)F)c3Br)c2)n1. The molecule has 0 aliphatic heterocycles. The number of nitrogens with one attached hydrogen (secondary N) is 1. The van der Waals surface area contributed by atoms with E-state index >= 15 is 4.39 Å². The van der Waals surface area contributed by atoms with Gasteiger partial charge in [0.15, 0.2) is 14.1 Å². The van der Waals surface area contributed by atoms with Gasteiger partial charge in [0.05, 0.1) is 15.1 Å². The summed E-state index contributed by atoms with van der Waals surface area (Å²) < 4.78 is 51.7. The first-order chi connectivity index (χ1) is 20.3. The third-order valence-electron chi connectivity index (χ3n) is 7.43. The van der Waals surface area contributed by atoms with Gasteiger partial charge >= 0.3 is 12.3 Å². The molecule has 236 valence electrons. The highest BCUT2D eigenvalue weighted by Crippen LogP contribution is 2.41. The lowest BCUT2D eigenvalue weighted by molar-refractivity contribution is -0.386. The number of anilines is 1. The molecule has 0 fully saturated rings. The second kappa shape index (κ2) is 13.1. The van der Waals surface area contributed by atoms with E-state index in [4.69, 9.17) is 4.43 Å². The van der Waals surface area contributed by atoms with Crippen LogP contribution in [-0.2, 0) is 14.8 Å². The molecule has 0 radical (unpaired) electrons. The number of benzene rings is 2. The molecule has 2 atom stereocenters. The Hall–Kier alpha value is -3.69. The van der Waals surface area contributed by atoms with Crippen LogP contribution in [0, 0.1) is 15.9 Å². The van der Waals surface area contributed by atoms with Gasteiger partial charge in [0.25, 0.3) is 0 Å². The van der Waals surface area contributed by atoms with E-state index in [1.807, 2.05) is 33.9 Å². The highest BCUT2D eigenvalue weighted by Gasteiger charge is 2.40. The Morgan fingerprint density at radius 1 is 1.18 bits per heavy atom. The fourth-order valence-electron chi connectivity index (χ4n) is 4.06. The third-order valence-corrected chi connectivity index (χ3v) is 12.8. The highest BCUT2D eigenvalue weighted by molar-refractivity contribution is 9.10. The van der Waals surface area contributed by atoms with Gasteiger partial charge in [-0.25, -0.2) is 9.97 Å². The van der Waals surface area contributed by atoms with Gasteiger partial charge in [-0.3, -0.25) is 14.9 Å². The van der Waals surface area contributed by atoms with E-state index in [1.54, 1.807) is 6.92 Å². The summed E-state index contributed by atoms with van der Waals surface area (Å²) in [5.41, 5.74) is -2.99. The smallest absolute Gasteiger partial charge is 0.387 e. The Labute approximate surface area is 261 Å². The zero-order valence-corrected chi connectivity index (χ0v) is 27.7. The number of nitro groups is 1. The highest BCUT2D eigenvalue weighted by atomic mass is 79.9. The van der Waals surface area contributed by atoms with Crippen LogP contribution in [0.15, 0.2) is 47.1 Å². The molecular weight excluding hydrogens is 665 g/mol. The van der Waals surface area contributed by atoms with Gasteiger partial charge in [-0.15, -0.1) is 0 Å². The van der Waals surface area contributed by atoms with Crippen molar-refractivity contribution >= 4 is 47.7 Å². The molecule has 3 aromatic rings. The summed E-state index contributed by atoms with van der Waals surface area (Å²) in [6.07, 6.45) is 0.814. The molecule has 0 saturated heterocycles. The van der Waals surface area contributed by atoms with Crippen molar-refractivity contribution in [2.24, 2.45) is 0 Å². The molecule has 15 heteroatoms. The minimum Gasteiger partial charge on any atom is -0.434 e. The van der Waals surface area contributed by atoms with Crippen molar-refractivity contribution < 1.29 is 36.8 Å². The number of nitrogens with zero attached hydrogens (tertiary/aromatic N) is 3. The Morgan fingerprint density at radius 2 is 1.84 bits per heavy atom. The van der Waals surface area contributed by atoms with Crippen LogP contribution in [-0.4, -0.2) is 48.0 Å². The average molecular weight is 698 g/mol. The number of ketones is 1. The van der Waals surface area contributed by atoms with Crippen molar-refractivity contribution in [2.75, 3.05) is 5.32 Å². The van der Waals surface area contributed by atoms with Gasteiger partial charge in [0.1, 0.15) is 29.4 Å². The van der Waals surface area contributed by atoms with Crippen LogP contribution in [0.2, 0.25) is 18.1 Å². The largest absolute Gasteiger partial charge is 0.434 e. The summed E-state index contributed by atoms with van der Waals surface area (Å²) in [5, 5.41) is 14.4. The molecule has 0 aliphatic rings. The molecule has 0 spiro atoms. The molecule has 0 aliphatic carbocycles. The van der Waals surface area contributed by atoms with E-state index in [0.29, 0.717) is 6.29 Å². The van der Waals surface area contributed by atoms with Crippen molar-refractivity contribution in [2.45, 2.75) is 71.0 Å². The molecule has 0 saturated carbocycles. The average Bonchev–Trinajstić information content (AvgIpc) is 2.92. The Morgan fingerprint density at radius 3 is 2.41 bits per heavy atom. The fraction of sp³-hybridized carbons (Fsp3) is 0.379. The van der Waals surface area contributed by atoms with E-state index in [-0.39, 0.29) is 37.9 Å². The van der Waals surface area contributed by atoms with Crippen LogP contribution in [0.25, 0.3) is 11.3 Å². The second-order valence-electron chi connectivity index (χ2n) is 11.7. The number of aromatic nitrogens is 2. The molecule has 1 aromatic heterocycles. The summed E-state index contributed by atoms with van der Waals surface area (Å²) >= 11 is 3.15. The molecule has 1 N–H and O–H groups in total. The predicted molar refractivity (Wildman–Crippen MR) is 164 cm³/mol. The summed E-state index contributed by atoms with van der Waals surface area (Å²) in [5.74, 6) is -2.23. The predicted octanol–water partition coefficient (Wildman–Crippen LogP) is 7.67. The molecule has 1 unspecified atom stereocenters. The topological polar surface area (TPSA) is 134 Å². The fourth-order valence-corrected chi connectivity index (χ4v) is 6.17. The summed E-state index contributed by atoms with van der Waals surface area (Å²) in [6, 6.07) is 7.46. The van der Waals surface area contributed by atoms with Gasteiger partial charge in [0, 0.05) is 17.3 Å². The van der Waals surface area contributed by atoms with Crippen LogP contribution < -0.4 is 10.1 Å². The van der Waals surface area contributed by atoms with E-state index in [0.717, 1.165) is 6.07 Å². The van der Waals surface area contributed by atoms with Crippen molar-refractivity contribution in [3.8, 4) is 17.0 Å². The number of carbonyl (C=O) groups is 2. The van der Waals surface area contributed by atoms with Crippen LogP contribution >= 0.6 is 15.9 Å². The number of ether oxygens (including phenoxy) is 1. The number of alkyl halides is 2. The molecular formula is C29H32BrF3N4O6Si. The van der Waals surface area contributed by atoms with E-state index in [2.05, 4.69) is 36.0 Å². The summed E-state index contributed by atoms with van der Waals surface area (Å²) in [7, 11) is -2.32. The van der Waals surface area contributed by atoms with E-state index < -0.39 is 54.5 Å². The second-order valence-corrected chi connectivity index (χ2v) is 17.3. The van der Waals surface area contributed by atoms with Gasteiger partial charge in [-0.05, 0) is 72.2 Å². The monoisotopic (exact) mass is 696 g/mol. The van der Waals surface area contributed by atoms with Crippen LogP contribution in [0.3, 0.4) is 0 Å². The number of carbonyl (C=O) groups excluding carboxylic acids is 2. The Bertz CT molecular complexity index is 1590. The van der Waals surface area contributed by atoms with E-state index in [1.165, 1.54) is 43.5 Å². The molecule has 10 nitrogen and oxygen atoms in total. The summed E-state index contributed by atoms with van der Waals surface area (Å²) in [4.78, 5) is 44.9. The van der Waals surface area contributed by atoms with Gasteiger partial charge in [-0.1, -0.05) is 32.9 Å². The number of nitro benzene ring substituents is 1. The van der Waals surface area contributed by atoms with Crippen molar-refractivity contribution in [3.05, 3.63) is 74.4 Å². The number of halogens is 4. The van der Waals surface area contributed by atoms with Crippen LogP contribution in [0.4, 0.5) is 24.5 Å². The summed E-state index contributed by atoms with van der Waals surface area (Å²) in [6.45, 7) is 9.86. The van der Waals surface area contributed by atoms with Gasteiger partial charge < -0.3 is 19.3 Å². The van der Waals surface area contributed by atoms with Gasteiger partial charge in [0.2, 0.25) is 11.6 Å². The number of aldehydes is 1. The molecule has 0 amide bonds. The normalized spacial score (nSPS) is 14.1. The van der Waals surface area contributed by atoms with E-state index in [9.17, 15) is 28.5 Å². The lowest BCUT2D eigenvalue weighted by atomic mass is 9.92. The van der Waals surface area contributed by atoms with Crippen LogP contribution in [0.1, 0.15) is 50.8 Å². The number of hydrogen-bond acceptors (Lipinski definition) is 9. The number of rotatable bonds is 12. The maximum atomic E-state index is 15.3. The van der Waals surface area contributed by atoms with Gasteiger partial charge in [-0.2, -0.15) is 13.2 Å². The lowest BCUT2D eigenvalue weighted by Crippen LogP contribution is -2.45. The maximum Gasteiger partial charge on any atom is 0.387 e. The first-order valence-corrected chi connectivity index (χ1v) is 17.0. The molecule has 1 heterocycles. The lowest BCUT2D eigenvalue weighted by Gasteiger charge is -2.37. The Kier molecular flexibility index (Phi) is 10.4. The molecule has 44 heavy (non-hydrogen) atoms. The minimum absolute atomic E-state index is 0.0188. The quantitative estimate of drug-likeness (QED) is 0.0665. The first-order valence-electron chi connectivity index (χ1n) is 13.3. The number of hydrogen-bond donors (Lipinski definition) is 1. The molecule has 3 rings (SSSR count). The zero-order valence-electron chi connectivity index (χ0n) is 25.1.